The molecule has 0 unspecified atom stereocenters. The summed E-state index contributed by atoms with van der Waals surface area (Å²) in [5.41, 5.74) is 1.22. The number of imidazole rings is 1. The molecule has 2 rings (SSSR count). The lowest BCUT2D eigenvalue weighted by molar-refractivity contribution is -0.137. The first-order chi connectivity index (χ1) is 8.65. The molecule has 0 atom stereocenters. The number of carboxylic acid groups (broad SMARTS) is 1. The SMILES string of the molecule is Cn1cncc1CN1CCN(CCC(=O)O)CC1. The van der Waals surface area contributed by atoms with E-state index < -0.39 is 5.97 Å². The van der Waals surface area contributed by atoms with E-state index in [9.17, 15) is 4.79 Å². The lowest BCUT2D eigenvalue weighted by Crippen LogP contribution is -2.46. The first-order valence-corrected chi connectivity index (χ1v) is 6.27. The summed E-state index contributed by atoms with van der Waals surface area (Å²) in [6.07, 6.45) is 3.96. The highest BCUT2D eigenvalue weighted by molar-refractivity contribution is 5.66. The van der Waals surface area contributed by atoms with Gasteiger partial charge in [0.05, 0.1) is 18.4 Å². The molecule has 0 saturated carbocycles. The first kappa shape index (κ1) is 13.0. The molecular formula is C12H20N4O2. The number of nitrogens with zero attached hydrogens (tertiary/aromatic N) is 4. The molecule has 0 aromatic carbocycles. The van der Waals surface area contributed by atoms with Gasteiger partial charge in [-0.15, -0.1) is 0 Å². The van der Waals surface area contributed by atoms with Crippen LogP contribution in [-0.4, -0.2) is 63.2 Å². The fourth-order valence-electron chi connectivity index (χ4n) is 2.19. The third-order valence-corrected chi connectivity index (χ3v) is 3.41. The van der Waals surface area contributed by atoms with Gasteiger partial charge >= 0.3 is 5.97 Å². The van der Waals surface area contributed by atoms with Crippen LogP contribution >= 0.6 is 0 Å². The van der Waals surface area contributed by atoms with Crippen molar-refractivity contribution < 1.29 is 9.90 Å². The molecule has 100 valence electrons. The van der Waals surface area contributed by atoms with Crippen molar-refractivity contribution in [3.05, 3.63) is 18.2 Å². The summed E-state index contributed by atoms with van der Waals surface area (Å²) in [5, 5.41) is 8.65. The number of aromatic nitrogens is 2. The minimum atomic E-state index is -0.715. The molecule has 0 radical (unpaired) electrons. The average molecular weight is 252 g/mol. The molecule has 0 amide bonds. The van der Waals surface area contributed by atoms with Crippen LogP contribution in [-0.2, 0) is 18.4 Å². The van der Waals surface area contributed by atoms with Crippen molar-refractivity contribution in [1.82, 2.24) is 19.4 Å². The van der Waals surface area contributed by atoms with Gasteiger partial charge in [0.25, 0.3) is 0 Å². The molecule has 1 aromatic heterocycles. The fourth-order valence-corrected chi connectivity index (χ4v) is 2.19. The largest absolute Gasteiger partial charge is 0.481 e. The third kappa shape index (κ3) is 3.54. The maximum atomic E-state index is 10.5. The van der Waals surface area contributed by atoms with Crippen LogP contribution in [0.3, 0.4) is 0 Å². The van der Waals surface area contributed by atoms with E-state index in [-0.39, 0.29) is 6.42 Å². The van der Waals surface area contributed by atoms with Crippen LogP contribution in [0, 0.1) is 0 Å². The Bertz CT molecular complexity index is 397. The van der Waals surface area contributed by atoms with Crippen LogP contribution in [0.5, 0.6) is 0 Å². The Kier molecular flexibility index (Phi) is 4.33. The molecular weight excluding hydrogens is 232 g/mol. The van der Waals surface area contributed by atoms with Gasteiger partial charge < -0.3 is 14.6 Å². The van der Waals surface area contributed by atoms with Gasteiger partial charge in [0.15, 0.2) is 0 Å². The monoisotopic (exact) mass is 252 g/mol. The molecule has 18 heavy (non-hydrogen) atoms. The highest BCUT2D eigenvalue weighted by Crippen LogP contribution is 2.07. The van der Waals surface area contributed by atoms with Gasteiger partial charge in [0, 0.05) is 52.5 Å². The lowest BCUT2D eigenvalue weighted by atomic mass is 10.2. The zero-order valence-electron chi connectivity index (χ0n) is 10.7. The predicted octanol–water partition coefficient (Wildman–Crippen LogP) is 0.0124. The van der Waals surface area contributed by atoms with Crippen molar-refractivity contribution in [2.75, 3.05) is 32.7 Å². The van der Waals surface area contributed by atoms with Crippen LogP contribution in [0.25, 0.3) is 0 Å². The molecule has 6 heteroatoms. The van der Waals surface area contributed by atoms with Gasteiger partial charge in [0.1, 0.15) is 0 Å². The van der Waals surface area contributed by atoms with E-state index in [1.807, 2.05) is 24.1 Å². The van der Waals surface area contributed by atoms with Crippen molar-refractivity contribution in [2.45, 2.75) is 13.0 Å². The predicted molar refractivity (Wildman–Crippen MR) is 67.2 cm³/mol. The zero-order valence-corrected chi connectivity index (χ0v) is 10.7. The Morgan fingerprint density at radius 2 is 2.00 bits per heavy atom. The molecule has 0 bridgehead atoms. The number of hydrogen-bond donors (Lipinski definition) is 1. The highest BCUT2D eigenvalue weighted by atomic mass is 16.4. The summed E-state index contributed by atoms with van der Waals surface area (Å²) in [5.74, 6) is -0.715. The maximum absolute atomic E-state index is 10.5. The minimum absolute atomic E-state index is 0.238. The minimum Gasteiger partial charge on any atom is -0.481 e. The lowest BCUT2D eigenvalue weighted by Gasteiger charge is -2.34. The van der Waals surface area contributed by atoms with Crippen molar-refractivity contribution in [3.8, 4) is 0 Å². The average Bonchev–Trinajstić information content (AvgIpc) is 2.74. The topological polar surface area (TPSA) is 61.6 Å². The molecule has 2 heterocycles. The van der Waals surface area contributed by atoms with Crippen molar-refractivity contribution >= 4 is 5.97 Å². The molecule has 1 N–H and O–H groups in total. The van der Waals surface area contributed by atoms with Gasteiger partial charge in [-0.3, -0.25) is 9.69 Å². The van der Waals surface area contributed by atoms with E-state index in [0.717, 1.165) is 32.7 Å². The molecule has 1 aromatic rings. The standard InChI is InChI=1S/C12H20N4O2/c1-14-10-13-8-11(14)9-16-6-4-15(5-7-16)3-2-12(17)18/h8,10H,2-7,9H2,1H3,(H,17,18). The third-order valence-electron chi connectivity index (χ3n) is 3.41. The quantitative estimate of drug-likeness (QED) is 0.800. The highest BCUT2D eigenvalue weighted by Gasteiger charge is 2.18. The molecule has 0 spiro atoms. The smallest absolute Gasteiger partial charge is 0.304 e. The van der Waals surface area contributed by atoms with Crippen LogP contribution < -0.4 is 0 Å². The Labute approximate surface area is 107 Å². The summed E-state index contributed by atoms with van der Waals surface area (Å²) < 4.78 is 2.04. The number of carbonyl (C=O) groups is 1. The number of aryl methyl sites for hydroxylation is 1. The van der Waals surface area contributed by atoms with Crippen molar-refractivity contribution in [3.63, 3.8) is 0 Å². The first-order valence-electron chi connectivity index (χ1n) is 6.27. The van der Waals surface area contributed by atoms with Gasteiger partial charge in [-0.05, 0) is 0 Å². The number of piperazine rings is 1. The second-order valence-electron chi connectivity index (χ2n) is 4.76. The molecule has 1 fully saturated rings. The fraction of sp³-hybridized carbons (Fsp3) is 0.667. The van der Waals surface area contributed by atoms with Gasteiger partial charge in [-0.1, -0.05) is 0 Å². The summed E-state index contributed by atoms with van der Waals surface area (Å²) in [6, 6.07) is 0. The van der Waals surface area contributed by atoms with E-state index >= 15 is 0 Å². The summed E-state index contributed by atoms with van der Waals surface area (Å²) in [4.78, 5) is 19.2. The zero-order chi connectivity index (χ0) is 13.0. The van der Waals surface area contributed by atoms with Gasteiger partial charge in [-0.25, -0.2) is 4.98 Å². The van der Waals surface area contributed by atoms with Crippen LogP contribution in [0.1, 0.15) is 12.1 Å². The summed E-state index contributed by atoms with van der Waals surface area (Å²) >= 11 is 0. The van der Waals surface area contributed by atoms with Crippen molar-refractivity contribution in [1.29, 1.82) is 0 Å². The second-order valence-corrected chi connectivity index (χ2v) is 4.76. The molecule has 6 nitrogen and oxygen atoms in total. The van der Waals surface area contributed by atoms with Gasteiger partial charge in [-0.2, -0.15) is 0 Å². The van der Waals surface area contributed by atoms with E-state index in [2.05, 4.69) is 14.8 Å². The summed E-state index contributed by atoms with van der Waals surface area (Å²) in [7, 11) is 2.01. The Morgan fingerprint density at radius 3 is 2.56 bits per heavy atom. The van der Waals surface area contributed by atoms with Crippen LogP contribution in [0.2, 0.25) is 0 Å². The van der Waals surface area contributed by atoms with Crippen LogP contribution in [0.4, 0.5) is 0 Å². The van der Waals surface area contributed by atoms with Crippen LogP contribution in [0.15, 0.2) is 12.5 Å². The van der Waals surface area contributed by atoms with E-state index in [0.29, 0.717) is 6.54 Å². The van der Waals surface area contributed by atoms with E-state index in [4.69, 9.17) is 5.11 Å². The normalized spacial score (nSPS) is 18.1. The number of hydrogen-bond acceptors (Lipinski definition) is 4. The molecule has 1 saturated heterocycles. The molecule has 1 aliphatic rings. The second kappa shape index (κ2) is 5.97. The van der Waals surface area contributed by atoms with Crippen molar-refractivity contribution in [2.24, 2.45) is 7.05 Å². The number of rotatable bonds is 5. The summed E-state index contributed by atoms with van der Waals surface area (Å²) in [6.45, 7) is 5.46. The maximum Gasteiger partial charge on any atom is 0.304 e. The van der Waals surface area contributed by atoms with Gasteiger partial charge in [0.2, 0.25) is 0 Å². The molecule has 0 aliphatic carbocycles. The number of aliphatic carboxylic acids is 1. The van der Waals surface area contributed by atoms with E-state index in [1.54, 1.807) is 0 Å². The molecule has 1 aliphatic heterocycles. The Balaban J connectivity index is 1.73. The van der Waals surface area contributed by atoms with E-state index in [1.165, 1.54) is 5.69 Å². The number of carboxylic acids is 1. The Morgan fingerprint density at radius 1 is 1.33 bits per heavy atom. The Hall–Kier alpha value is -1.40.